The number of benzene rings is 1. The van der Waals surface area contributed by atoms with Crippen LogP contribution in [0.4, 0.5) is 5.69 Å². The Kier molecular flexibility index (Phi) is 6.35. The van der Waals surface area contributed by atoms with Gasteiger partial charge in [0.1, 0.15) is 24.0 Å². The van der Waals surface area contributed by atoms with Gasteiger partial charge in [-0.3, -0.25) is 4.90 Å². The molecule has 0 amide bonds. The number of hydrogen-bond acceptors (Lipinski definition) is 5. The Morgan fingerprint density at radius 3 is 2.79 bits per heavy atom. The topological polar surface area (TPSA) is 48.0 Å². The summed E-state index contributed by atoms with van der Waals surface area (Å²) in [6.07, 6.45) is 10.8. The summed E-state index contributed by atoms with van der Waals surface area (Å²) < 4.78 is 5.77. The SMILES string of the molecule is CC(CCC(C)(C)C)NC1=CN(c2ccccc2OCCO)C2=CC=CCN12. The smallest absolute Gasteiger partial charge is 0.143 e. The molecule has 0 spiro atoms. The molecular formula is C23H33N3O2. The molecule has 2 heterocycles. The molecule has 0 bridgehead atoms. The van der Waals surface area contributed by atoms with Gasteiger partial charge in [0.05, 0.1) is 18.5 Å². The Bertz CT molecular complexity index is 761. The van der Waals surface area contributed by atoms with Crippen LogP contribution in [0.15, 0.2) is 60.3 Å². The van der Waals surface area contributed by atoms with Gasteiger partial charge in [0, 0.05) is 12.6 Å². The maximum atomic E-state index is 9.13. The molecule has 0 aromatic heterocycles. The number of para-hydroxylation sites is 2. The summed E-state index contributed by atoms with van der Waals surface area (Å²) in [6.45, 7) is 10.2. The van der Waals surface area contributed by atoms with Gasteiger partial charge in [-0.1, -0.05) is 45.1 Å². The largest absolute Gasteiger partial charge is 0.489 e. The standard InChI is InChI=1S/C23H33N3O2/c1-18(12-13-23(2,3)4)24-21-17-26(22-11-7-8-14-25(21)22)19-9-5-6-10-20(19)28-16-15-27/h5-11,17-18,24,27H,12-16H2,1-4H3. The number of anilines is 1. The first kappa shape index (κ1) is 20.3. The van der Waals surface area contributed by atoms with Crippen molar-refractivity contribution < 1.29 is 9.84 Å². The highest BCUT2D eigenvalue weighted by molar-refractivity contribution is 5.66. The Hall–Kier alpha value is -2.40. The van der Waals surface area contributed by atoms with Gasteiger partial charge >= 0.3 is 0 Å². The lowest BCUT2D eigenvalue weighted by atomic mass is 9.89. The number of ether oxygens (including phenoxy) is 1. The molecule has 2 aliphatic heterocycles. The summed E-state index contributed by atoms with van der Waals surface area (Å²) in [5, 5.41) is 12.8. The number of allylic oxidation sites excluding steroid dienone is 2. The van der Waals surface area contributed by atoms with E-state index in [4.69, 9.17) is 9.84 Å². The van der Waals surface area contributed by atoms with Crippen LogP contribution in [-0.2, 0) is 0 Å². The van der Waals surface area contributed by atoms with Gasteiger partial charge in [-0.15, -0.1) is 0 Å². The minimum Gasteiger partial charge on any atom is -0.489 e. The highest BCUT2D eigenvalue weighted by atomic mass is 16.5. The van der Waals surface area contributed by atoms with Crippen LogP contribution in [0.2, 0.25) is 0 Å². The number of rotatable bonds is 8. The molecule has 2 N–H and O–H groups in total. The van der Waals surface area contributed by atoms with E-state index in [9.17, 15) is 0 Å². The molecule has 2 aliphatic rings. The third-order valence-electron chi connectivity index (χ3n) is 4.93. The van der Waals surface area contributed by atoms with E-state index in [-0.39, 0.29) is 13.2 Å². The number of nitrogens with one attached hydrogen (secondary N) is 1. The molecule has 3 rings (SSSR count). The van der Waals surface area contributed by atoms with Gasteiger partial charge in [-0.2, -0.15) is 0 Å². The summed E-state index contributed by atoms with van der Waals surface area (Å²) in [4.78, 5) is 4.45. The number of hydrogen-bond donors (Lipinski definition) is 2. The second-order valence-electron chi connectivity index (χ2n) is 8.63. The van der Waals surface area contributed by atoms with Gasteiger partial charge in [0.25, 0.3) is 0 Å². The zero-order valence-corrected chi connectivity index (χ0v) is 17.5. The summed E-state index contributed by atoms with van der Waals surface area (Å²) in [6, 6.07) is 8.34. The van der Waals surface area contributed by atoms with Crippen molar-refractivity contribution in [2.45, 2.75) is 46.6 Å². The van der Waals surface area contributed by atoms with E-state index in [1.54, 1.807) is 0 Å². The average molecular weight is 384 g/mol. The van der Waals surface area contributed by atoms with Crippen molar-refractivity contribution in [2.75, 3.05) is 24.7 Å². The van der Waals surface area contributed by atoms with Crippen LogP contribution < -0.4 is 15.0 Å². The third kappa shape index (κ3) is 4.90. The Morgan fingerprint density at radius 1 is 1.25 bits per heavy atom. The molecule has 1 unspecified atom stereocenters. The monoisotopic (exact) mass is 383 g/mol. The Balaban J connectivity index is 1.81. The number of fused-ring (bicyclic) bond motifs is 1. The second-order valence-corrected chi connectivity index (χ2v) is 8.63. The van der Waals surface area contributed by atoms with E-state index < -0.39 is 0 Å². The number of aliphatic hydroxyl groups excluding tert-OH is 1. The lowest BCUT2D eigenvalue weighted by Crippen LogP contribution is -2.35. The first-order valence-corrected chi connectivity index (χ1v) is 10.1. The quantitative estimate of drug-likeness (QED) is 0.705. The summed E-state index contributed by atoms with van der Waals surface area (Å²) in [5.41, 5.74) is 1.31. The van der Waals surface area contributed by atoms with Crippen molar-refractivity contribution in [1.29, 1.82) is 0 Å². The van der Waals surface area contributed by atoms with Gasteiger partial charge < -0.3 is 20.1 Å². The molecule has 152 valence electrons. The molecule has 0 fully saturated rings. The molecule has 28 heavy (non-hydrogen) atoms. The summed E-state index contributed by atoms with van der Waals surface area (Å²) in [5.74, 6) is 2.98. The molecule has 5 nitrogen and oxygen atoms in total. The molecule has 0 saturated carbocycles. The first-order chi connectivity index (χ1) is 13.4. The summed E-state index contributed by atoms with van der Waals surface area (Å²) >= 11 is 0. The third-order valence-corrected chi connectivity index (χ3v) is 4.93. The highest BCUT2D eigenvalue weighted by Gasteiger charge is 2.30. The van der Waals surface area contributed by atoms with E-state index in [1.165, 1.54) is 6.42 Å². The fourth-order valence-electron chi connectivity index (χ4n) is 3.41. The number of aliphatic hydroxyl groups is 1. The normalized spacial score (nSPS) is 17.2. The van der Waals surface area contributed by atoms with Crippen LogP contribution >= 0.6 is 0 Å². The molecule has 0 radical (unpaired) electrons. The van der Waals surface area contributed by atoms with Crippen LogP contribution in [0, 0.1) is 5.41 Å². The lowest BCUT2D eigenvalue weighted by molar-refractivity contribution is 0.202. The summed E-state index contributed by atoms with van der Waals surface area (Å²) in [7, 11) is 0. The molecule has 5 heteroatoms. The predicted octanol–water partition coefficient (Wildman–Crippen LogP) is 4.19. The maximum Gasteiger partial charge on any atom is 0.143 e. The van der Waals surface area contributed by atoms with Crippen LogP contribution in [0.3, 0.4) is 0 Å². The lowest BCUT2D eigenvalue weighted by Gasteiger charge is -2.30. The van der Waals surface area contributed by atoms with Gasteiger partial charge in [-0.05, 0) is 43.4 Å². The van der Waals surface area contributed by atoms with Crippen LogP contribution in [0.5, 0.6) is 5.75 Å². The van der Waals surface area contributed by atoms with Crippen LogP contribution in [-0.4, -0.2) is 35.8 Å². The molecule has 0 aliphatic carbocycles. The average Bonchev–Trinajstić information content (AvgIpc) is 3.03. The van der Waals surface area contributed by atoms with Crippen molar-refractivity contribution in [3.8, 4) is 5.75 Å². The predicted molar refractivity (Wildman–Crippen MR) is 115 cm³/mol. The minimum atomic E-state index is -0.000169. The first-order valence-electron chi connectivity index (χ1n) is 10.1. The highest BCUT2D eigenvalue weighted by Crippen LogP contribution is 2.37. The fraction of sp³-hybridized carbons (Fsp3) is 0.478. The van der Waals surface area contributed by atoms with Gasteiger partial charge in [0.15, 0.2) is 0 Å². The zero-order chi connectivity index (χ0) is 20.1. The van der Waals surface area contributed by atoms with E-state index in [0.717, 1.165) is 36.0 Å². The van der Waals surface area contributed by atoms with Crippen molar-refractivity contribution in [3.05, 3.63) is 60.3 Å². The molecule has 1 aromatic rings. The minimum absolute atomic E-state index is 0.000169. The molecule has 0 saturated heterocycles. The number of nitrogens with zero attached hydrogens (tertiary/aromatic N) is 2. The van der Waals surface area contributed by atoms with Crippen molar-refractivity contribution in [3.63, 3.8) is 0 Å². The van der Waals surface area contributed by atoms with Crippen LogP contribution in [0.25, 0.3) is 0 Å². The maximum absolute atomic E-state index is 9.13. The van der Waals surface area contributed by atoms with Crippen molar-refractivity contribution in [1.82, 2.24) is 10.2 Å². The van der Waals surface area contributed by atoms with Crippen LogP contribution in [0.1, 0.15) is 40.5 Å². The van der Waals surface area contributed by atoms with E-state index >= 15 is 0 Å². The van der Waals surface area contributed by atoms with Gasteiger partial charge in [-0.25, -0.2) is 0 Å². The van der Waals surface area contributed by atoms with Crippen molar-refractivity contribution >= 4 is 5.69 Å². The van der Waals surface area contributed by atoms with E-state index in [0.29, 0.717) is 11.5 Å². The zero-order valence-electron chi connectivity index (χ0n) is 17.5. The van der Waals surface area contributed by atoms with Gasteiger partial charge in [0.2, 0.25) is 0 Å². The van der Waals surface area contributed by atoms with E-state index in [2.05, 4.69) is 67.2 Å². The fourth-order valence-corrected chi connectivity index (χ4v) is 3.41. The Labute approximate surface area is 169 Å². The van der Waals surface area contributed by atoms with Crippen molar-refractivity contribution in [2.24, 2.45) is 5.41 Å². The molecule has 1 atom stereocenters. The van der Waals surface area contributed by atoms with E-state index in [1.807, 2.05) is 24.3 Å². The Morgan fingerprint density at radius 2 is 2.04 bits per heavy atom. The second kappa shape index (κ2) is 8.74. The molecule has 1 aromatic carbocycles. The molecular weight excluding hydrogens is 350 g/mol.